The first-order valence-electron chi connectivity index (χ1n) is 10.6. The molecule has 0 aliphatic carbocycles. The van der Waals surface area contributed by atoms with Gasteiger partial charge in [0.15, 0.2) is 0 Å². The maximum atomic E-state index is 13.0. The maximum Gasteiger partial charge on any atom is 0.257 e. The number of hydrogen-bond donors (Lipinski definition) is 3. The van der Waals surface area contributed by atoms with Crippen LogP contribution < -0.4 is 20.9 Å². The highest BCUT2D eigenvalue weighted by molar-refractivity contribution is 6.37. The number of benzene rings is 3. The third-order valence-electron chi connectivity index (χ3n) is 5.40. The third kappa shape index (κ3) is 5.29. The zero-order chi connectivity index (χ0) is 22.3. The SMILES string of the molecule is COc1cc(NC(=O)c2cccc(-c3ccccc3)c2Cl)ccc1CNC[C@@H]1CCON1. The summed E-state index contributed by atoms with van der Waals surface area (Å²) < 4.78 is 5.54. The molecule has 1 fully saturated rings. The molecule has 3 aromatic carbocycles. The Morgan fingerprint density at radius 2 is 2.00 bits per heavy atom. The average Bonchev–Trinajstić information content (AvgIpc) is 3.34. The van der Waals surface area contributed by atoms with Crippen molar-refractivity contribution >= 4 is 23.2 Å². The standard InChI is InChI=1S/C25H26ClN3O3/c1-31-23-14-19(11-10-18(23)15-27-16-20-12-13-32-29-20)28-25(30)22-9-5-8-21(24(22)26)17-6-3-2-4-7-17/h2-11,14,20,27,29H,12-13,15-16H2,1H3,(H,28,30)/t20-/m0/s1. The predicted octanol–water partition coefficient (Wildman–Crippen LogP) is 4.65. The lowest BCUT2D eigenvalue weighted by Gasteiger charge is -2.15. The van der Waals surface area contributed by atoms with E-state index in [1.807, 2.05) is 60.7 Å². The summed E-state index contributed by atoms with van der Waals surface area (Å²) in [5.74, 6) is 0.433. The van der Waals surface area contributed by atoms with Crippen LogP contribution >= 0.6 is 11.6 Å². The number of nitrogens with one attached hydrogen (secondary N) is 3. The number of ether oxygens (including phenoxy) is 1. The number of amides is 1. The fraction of sp³-hybridized carbons (Fsp3) is 0.240. The first kappa shape index (κ1) is 22.3. The van der Waals surface area contributed by atoms with Gasteiger partial charge in [0.05, 0.1) is 24.3 Å². The number of carbonyl (C=O) groups is 1. The van der Waals surface area contributed by atoms with E-state index < -0.39 is 0 Å². The second-order valence-electron chi connectivity index (χ2n) is 7.60. The minimum Gasteiger partial charge on any atom is -0.496 e. The number of hydroxylamine groups is 1. The summed E-state index contributed by atoms with van der Waals surface area (Å²) in [6.45, 7) is 2.20. The van der Waals surface area contributed by atoms with E-state index >= 15 is 0 Å². The number of hydrogen-bond acceptors (Lipinski definition) is 5. The minimum absolute atomic E-state index is 0.270. The van der Waals surface area contributed by atoms with Crippen LogP contribution in [0.1, 0.15) is 22.3 Å². The number of halogens is 1. The highest BCUT2D eigenvalue weighted by Gasteiger charge is 2.16. The van der Waals surface area contributed by atoms with Gasteiger partial charge in [-0.15, -0.1) is 0 Å². The highest BCUT2D eigenvalue weighted by Crippen LogP contribution is 2.31. The van der Waals surface area contributed by atoms with E-state index in [2.05, 4.69) is 16.1 Å². The molecule has 0 saturated carbocycles. The molecule has 1 atom stereocenters. The Labute approximate surface area is 192 Å². The third-order valence-corrected chi connectivity index (χ3v) is 5.80. The first-order chi connectivity index (χ1) is 15.7. The van der Waals surface area contributed by atoms with Crippen molar-refractivity contribution in [3.63, 3.8) is 0 Å². The second-order valence-corrected chi connectivity index (χ2v) is 7.97. The summed E-state index contributed by atoms with van der Waals surface area (Å²) in [5.41, 5.74) is 6.84. The Morgan fingerprint density at radius 3 is 2.75 bits per heavy atom. The molecule has 166 valence electrons. The van der Waals surface area contributed by atoms with Crippen molar-refractivity contribution in [2.75, 3.05) is 25.6 Å². The van der Waals surface area contributed by atoms with Crippen molar-refractivity contribution in [2.24, 2.45) is 0 Å². The van der Waals surface area contributed by atoms with E-state index in [0.717, 1.165) is 36.3 Å². The molecule has 0 radical (unpaired) electrons. The highest BCUT2D eigenvalue weighted by atomic mass is 35.5. The monoisotopic (exact) mass is 451 g/mol. The van der Waals surface area contributed by atoms with E-state index in [0.29, 0.717) is 34.6 Å². The molecule has 1 aliphatic heterocycles. The van der Waals surface area contributed by atoms with Crippen molar-refractivity contribution in [1.29, 1.82) is 0 Å². The lowest BCUT2D eigenvalue weighted by molar-refractivity contribution is 0.0880. The molecule has 1 saturated heterocycles. The molecule has 4 rings (SSSR count). The predicted molar refractivity (Wildman–Crippen MR) is 127 cm³/mol. The molecule has 32 heavy (non-hydrogen) atoms. The smallest absolute Gasteiger partial charge is 0.257 e. The molecule has 1 heterocycles. The number of rotatable bonds is 8. The van der Waals surface area contributed by atoms with E-state index in [1.54, 1.807) is 13.2 Å². The van der Waals surface area contributed by atoms with Crippen LogP contribution in [0.15, 0.2) is 66.7 Å². The van der Waals surface area contributed by atoms with Crippen LogP contribution in [0.3, 0.4) is 0 Å². The van der Waals surface area contributed by atoms with Gasteiger partial charge in [0.2, 0.25) is 0 Å². The number of anilines is 1. The largest absolute Gasteiger partial charge is 0.496 e. The summed E-state index contributed by atoms with van der Waals surface area (Å²) in [6, 6.07) is 21.2. The topological polar surface area (TPSA) is 71.6 Å². The van der Waals surface area contributed by atoms with Crippen LogP contribution in [0.25, 0.3) is 11.1 Å². The van der Waals surface area contributed by atoms with E-state index in [9.17, 15) is 4.79 Å². The lowest BCUT2D eigenvalue weighted by Crippen LogP contribution is -2.33. The summed E-state index contributed by atoms with van der Waals surface area (Å²) in [5, 5.41) is 6.76. The Morgan fingerprint density at radius 1 is 1.16 bits per heavy atom. The van der Waals surface area contributed by atoms with Gasteiger partial charge in [-0.1, -0.05) is 60.1 Å². The first-order valence-corrected chi connectivity index (χ1v) is 10.9. The van der Waals surface area contributed by atoms with Gasteiger partial charge in [-0.2, -0.15) is 5.48 Å². The number of methoxy groups -OCH3 is 1. The molecule has 0 spiro atoms. The van der Waals surface area contributed by atoms with Gasteiger partial charge in [0, 0.05) is 42.0 Å². The maximum absolute atomic E-state index is 13.0. The van der Waals surface area contributed by atoms with Gasteiger partial charge in [0.1, 0.15) is 5.75 Å². The quantitative estimate of drug-likeness (QED) is 0.465. The second kappa shape index (κ2) is 10.6. The van der Waals surface area contributed by atoms with Gasteiger partial charge < -0.3 is 20.2 Å². The van der Waals surface area contributed by atoms with Crippen molar-refractivity contribution in [3.05, 3.63) is 82.9 Å². The summed E-state index contributed by atoms with van der Waals surface area (Å²) in [6.07, 6.45) is 0.989. The molecule has 3 aromatic rings. The van der Waals surface area contributed by atoms with Crippen molar-refractivity contribution in [3.8, 4) is 16.9 Å². The molecule has 6 nitrogen and oxygen atoms in total. The van der Waals surface area contributed by atoms with E-state index in [1.165, 1.54) is 0 Å². The molecule has 0 unspecified atom stereocenters. The molecular weight excluding hydrogens is 426 g/mol. The van der Waals surface area contributed by atoms with Crippen LogP contribution in [-0.4, -0.2) is 32.2 Å². The van der Waals surface area contributed by atoms with Crippen LogP contribution in [0, 0.1) is 0 Å². The Balaban J connectivity index is 1.45. The van der Waals surface area contributed by atoms with Crippen LogP contribution in [0.5, 0.6) is 5.75 Å². The van der Waals surface area contributed by atoms with Crippen molar-refractivity contribution < 1.29 is 14.4 Å². The molecule has 3 N–H and O–H groups in total. The Kier molecular flexibility index (Phi) is 7.39. The summed E-state index contributed by atoms with van der Waals surface area (Å²) in [4.78, 5) is 18.1. The normalized spacial score (nSPS) is 15.5. The van der Waals surface area contributed by atoms with Gasteiger partial charge in [0.25, 0.3) is 5.91 Å². The summed E-state index contributed by atoms with van der Waals surface area (Å²) >= 11 is 6.59. The average molecular weight is 452 g/mol. The van der Waals surface area contributed by atoms with Gasteiger partial charge >= 0.3 is 0 Å². The molecule has 0 aromatic heterocycles. The summed E-state index contributed by atoms with van der Waals surface area (Å²) in [7, 11) is 1.62. The van der Waals surface area contributed by atoms with Gasteiger partial charge in [-0.25, -0.2) is 0 Å². The zero-order valence-electron chi connectivity index (χ0n) is 17.9. The molecular formula is C25H26ClN3O3. The van der Waals surface area contributed by atoms with Crippen LogP contribution in [-0.2, 0) is 11.4 Å². The van der Waals surface area contributed by atoms with Crippen LogP contribution in [0.4, 0.5) is 5.69 Å². The Bertz CT molecular complexity index is 1070. The molecule has 1 amide bonds. The van der Waals surface area contributed by atoms with Crippen molar-refractivity contribution in [1.82, 2.24) is 10.8 Å². The van der Waals surface area contributed by atoms with Crippen molar-refractivity contribution in [2.45, 2.75) is 19.0 Å². The van der Waals surface area contributed by atoms with E-state index in [4.69, 9.17) is 21.2 Å². The van der Waals surface area contributed by atoms with E-state index in [-0.39, 0.29) is 5.91 Å². The molecule has 0 bridgehead atoms. The molecule has 7 heteroatoms. The number of carbonyl (C=O) groups excluding carboxylic acids is 1. The fourth-order valence-corrected chi connectivity index (χ4v) is 4.00. The lowest BCUT2D eigenvalue weighted by atomic mass is 10.0. The minimum atomic E-state index is -0.270. The zero-order valence-corrected chi connectivity index (χ0v) is 18.6. The Hall–Kier alpha value is -2.90. The molecule has 1 aliphatic rings. The van der Waals surface area contributed by atoms with Crippen LogP contribution in [0.2, 0.25) is 5.02 Å². The van der Waals surface area contributed by atoms with Gasteiger partial charge in [-0.3, -0.25) is 4.79 Å². The van der Waals surface area contributed by atoms with Gasteiger partial charge in [-0.05, 0) is 24.1 Å². The fourth-order valence-electron chi connectivity index (χ4n) is 3.68.